The highest BCUT2D eigenvalue weighted by Crippen LogP contribution is 2.38. The molecule has 0 radical (unpaired) electrons. The second-order valence-electron chi connectivity index (χ2n) is 7.30. The Morgan fingerprint density at radius 2 is 2.07 bits per heavy atom. The number of fused-ring (bicyclic) bond motifs is 1. The van der Waals surface area contributed by atoms with E-state index in [1.165, 1.54) is 5.56 Å². The highest BCUT2D eigenvalue weighted by molar-refractivity contribution is 6.38. The van der Waals surface area contributed by atoms with Gasteiger partial charge in [0.2, 0.25) is 0 Å². The molecule has 0 fully saturated rings. The van der Waals surface area contributed by atoms with E-state index < -0.39 is 0 Å². The van der Waals surface area contributed by atoms with E-state index in [1.807, 2.05) is 13.0 Å². The van der Waals surface area contributed by atoms with Gasteiger partial charge in [0.15, 0.2) is 5.82 Å². The lowest BCUT2D eigenvalue weighted by molar-refractivity contribution is -0.114. The van der Waals surface area contributed by atoms with E-state index in [-0.39, 0.29) is 5.91 Å². The Hall–Kier alpha value is -2.76. The van der Waals surface area contributed by atoms with Crippen molar-refractivity contribution in [3.8, 4) is 0 Å². The van der Waals surface area contributed by atoms with Crippen molar-refractivity contribution in [2.75, 3.05) is 18.0 Å². The third kappa shape index (κ3) is 4.32. The number of nitrogens with one attached hydrogen (secondary N) is 1. The van der Waals surface area contributed by atoms with E-state index in [0.717, 1.165) is 36.6 Å². The van der Waals surface area contributed by atoms with Gasteiger partial charge in [-0.3, -0.25) is 4.79 Å². The number of aryl methyl sites for hydroxylation is 1. The van der Waals surface area contributed by atoms with Crippen LogP contribution in [0.3, 0.4) is 0 Å². The molecule has 2 aromatic rings. The minimum absolute atomic E-state index is 0.147. The molecule has 0 bridgehead atoms. The highest BCUT2D eigenvalue weighted by atomic mass is 16.1. The van der Waals surface area contributed by atoms with Gasteiger partial charge >= 0.3 is 0 Å². The van der Waals surface area contributed by atoms with Gasteiger partial charge in [-0.15, -0.1) is 0 Å². The van der Waals surface area contributed by atoms with Crippen molar-refractivity contribution < 1.29 is 4.79 Å². The Bertz CT molecular complexity index is 859. The summed E-state index contributed by atoms with van der Waals surface area (Å²) in [6, 6.07) is 8.32. The number of amides is 1. The van der Waals surface area contributed by atoms with Crippen molar-refractivity contribution >= 4 is 28.8 Å². The summed E-state index contributed by atoms with van der Waals surface area (Å²) in [6.45, 7) is 9.41. The molecule has 3 rings (SSSR count). The number of benzene rings is 1. The fourth-order valence-corrected chi connectivity index (χ4v) is 3.16. The number of anilines is 2. The van der Waals surface area contributed by atoms with Gasteiger partial charge in [-0.25, -0.2) is 15.0 Å². The molecule has 1 aromatic heterocycles. The predicted octanol–water partition coefficient (Wildman–Crippen LogP) is 3.73. The summed E-state index contributed by atoms with van der Waals surface area (Å²) < 4.78 is 0. The molecule has 6 nitrogen and oxygen atoms in total. The van der Waals surface area contributed by atoms with Gasteiger partial charge < -0.3 is 10.2 Å². The molecular formula is C21H27N5O. The fourth-order valence-electron chi connectivity index (χ4n) is 3.16. The van der Waals surface area contributed by atoms with E-state index in [0.29, 0.717) is 23.9 Å². The average molecular weight is 365 g/mol. The Balaban J connectivity index is 1.87. The van der Waals surface area contributed by atoms with Crippen LogP contribution in [0.4, 0.5) is 17.2 Å². The minimum Gasteiger partial charge on any atom is -0.351 e. The zero-order valence-electron chi connectivity index (χ0n) is 16.5. The SMILES string of the molecule is CC(=Nc1c(C)ncnc1N1CCc2ccccc21)C(=O)NCCC(C)C. The number of carbonyl (C=O) groups excluding carboxylic acids is 1. The lowest BCUT2D eigenvalue weighted by Gasteiger charge is -2.20. The molecule has 1 aliphatic rings. The van der Waals surface area contributed by atoms with Crippen molar-refractivity contribution in [1.82, 2.24) is 15.3 Å². The van der Waals surface area contributed by atoms with Crippen LogP contribution in [0.15, 0.2) is 35.6 Å². The molecule has 2 heterocycles. The first kappa shape index (κ1) is 19.0. The van der Waals surface area contributed by atoms with E-state index in [1.54, 1.807) is 13.3 Å². The van der Waals surface area contributed by atoms with Crippen LogP contribution in [-0.4, -0.2) is 34.7 Å². The largest absolute Gasteiger partial charge is 0.351 e. The molecule has 0 saturated heterocycles. The Labute approximate surface area is 160 Å². The van der Waals surface area contributed by atoms with Crippen LogP contribution in [0.25, 0.3) is 0 Å². The lowest BCUT2D eigenvalue weighted by atomic mass is 10.1. The molecule has 0 saturated carbocycles. The molecule has 27 heavy (non-hydrogen) atoms. The number of aliphatic imine (C=N–C) groups is 1. The molecule has 1 N–H and O–H groups in total. The lowest BCUT2D eigenvalue weighted by Crippen LogP contribution is -2.30. The third-order valence-corrected chi connectivity index (χ3v) is 4.74. The zero-order valence-corrected chi connectivity index (χ0v) is 16.5. The van der Waals surface area contributed by atoms with Crippen LogP contribution < -0.4 is 10.2 Å². The number of hydrogen-bond acceptors (Lipinski definition) is 5. The zero-order chi connectivity index (χ0) is 19.4. The monoisotopic (exact) mass is 365 g/mol. The van der Waals surface area contributed by atoms with Crippen LogP contribution >= 0.6 is 0 Å². The van der Waals surface area contributed by atoms with Crippen LogP contribution in [0.2, 0.25) is 0 Å². The summed E-state index contributed by atoms with van der Waals surface area (Å²) in [4.78, 5) is 27.9. The third-order valence-electron chi connectivity index (χ3n) is 4.74. The molecule has 0 spiro atoms. The number of nitrogens with zero attached hydrogens (tertiary/aromatic N) is 4. The molecule has 0 unspecified atom stereocenters. The molecular weight excluding hydrogens is 338 g/mol. The first-order valence-electron chi connectivity index (χ1n) is 9.48. The van der Waals surface area contributed by atoms with Gasteiger partial charge in [-0.05, 0) is 44.2 Å². The number of aromatic nitrogens is 2. The van der Waals surface area contributed by atoms with Crippen LogP contribution in [0.1, 0.15) is 38.4 Å². The average Bonchev–Trinajstić information content (AvgIpc) is 3.07. The molecule has 0 atom stereocenters. The normalized spacial score (nSPS) is 13.8. The number of para-hydroxylation sites is 1. The van der Waals surface area contributed by atoms with Crippen molar-refractivity contribution in [2.24, 2.45) is 10.9 Å². The Morgan fingerprint density at radius 1 is 1.30 bits per heavy atom. The molecule has 1 aromatic carbocycles. The highest BCUT2D eigenvalue weighted by Gasteiger charge is 2.24. The molecule has 1 amide bonds. The number of hydrogen-bond donors (Lipinski definition) is 1. The van der Waals surface area contributed by atoms with E-state index in [9.17, 15) is 4.79 Å². The summed E-state index contributed by atoms with van der Waals surface area (Å²) in [5, 5.41) is 2.93. The summed E-state index contributed by atoms with van der Waals surface area (Å²) in [7, 11) is 0. The maximum atomic E-state index is 12.4. The maximum absolute atomic E-state index is 12.4. The van der Waals surface area contributed by atoms with Gasteiger partial charge in [-0.2, -0.15) is 0 Å². The van der Waals surface area contributed by atoms with Crippen LogP contribution in [-0.2, 0) is 11.2 Å². The molecule has 142 valence electrons. The van der Waals surface area contributed by atoms with Gasteiger partial charge in [-0.1, -0.05) is 32.0 Å². The van der Waals surface area contributed by atoms with E-state index in [2.05, 4.69) is 57.2 Å². The van der Waals surface area contributed by atoms with E-state index >= 15 is 0 Å². The van der Waals surface area contributed by atoms with Crippen molar-refractivity contribution in [3.63, 3.8) is 0 Å². The summed E-state index contributed by atoms with van der Waals surface area (Å²) in [5.41, 5.74) is 4.28. The van der Waals surface area contributed by atoms with E-state index in [4.69, 9.17) is 0 Å². The Morgan fingerprint density at radius 3 is 2.85 bits per heavy atom. The molecule has 0 aliphatic carbocycles. The van der Waals surface area contributed by atoms with Crippen molar-refractivity contribution in [3.05, 3.63) is 41.9 Å². The van der Waals surface area contributed by atoms with Gasteiger partial charge in [0, 0.05) is 18.8 Å². The number of carbonyl (C=O) groups is 1. The Kier molecular flexibility index (Phi) is 5.84. The first-order valence-corrected chi connectivity index (χ1v) is 9.48. The fraction of sp³-hybridized carbons (Fsp3) is 0.429. The second kappa shape index (κ2) is 8.29. The first-order chi connectivity index (χ1) is 13.0. The van der Waals surface area contributed by atoms with Crippen molar-refractivity contribution in [1.29, 1.82) is 0 Å². The summed E-state index contributed by atoms with van der Waals surface area (Å²) in [6.07, 6.45) is 3.47. The van der Waals surface area contributed by atoms with Crippen molar-refractivity contribution in [2.45, 2.75) is 40.5 Å². The van der Waals surface area contributed by atoms with Crippen LogP contribution in [0.5, 0.6) is 0 Å². The maximum Gasteiger partial charge on any atom is 0.265 e. The summed E-state index contributed by atoms with van der Waals surface area (Å²) >= 11 is 0. The molecule has 6 heteroatoms. The predicted molar refractivity (Wildman–Crippen MR) is 109 cm³/mol. The topological polar surface area (TPSA) is 70.5 Å². The van der Waals surface area contributed by atoms with Crippen LogP contribution in [0, 0.1) is 12.8 Å². The van der Waals surface area contributed by atoms with Gasteiger partial charge in [0.05, 0.1) is 5.69 Å². The smallest absolute Gasteiger partial charge is 0.265 e. The van der Waals surface area contributed by atoms with Gasteiger partial charge in [0.25, 0.3) is 5.91 Å². The minimum atomic E-state index is -0.147. The van der Waals surface area contributed by atoms with Gasteiger partial charge in [0.1, 0.15) is 17.7 Å². The number of rotatable bonds is 6. The standard InChI is InChI=1S/C21H27N5O/c1-14(2)9-11-22-21(27)16(4)25-19-15(3)23-13-24-20(19)26-12-10-17-7-5-6-8-18(17)26/h5-8,13-14H,9-12H2,1-4H3,(H,22,27). The quantitative estimate of drug-likeness (QED) is 0.792. The summed E-state index contributed by atoms with van der Waals surface area (Å²) in [5.74, 6) is 1.16. The molecule has 1 aliphatic heterocycles. The second-order valence-corrected chi connectivity index (χ2v) is 7.30.